The molecule has 0 N–H and O–H groups in total. The molecule has 0 amide bonds. The van der Waals surface area contributed by atoms with E-state index >= 15 is 0 Å². The average Bonchev–Trinajstić information content (AvgIpc) is 2.56. The molecular formula is C20H37FO2. The highest BCUT2D eigenvalue weighted by Gasteiger charge is 2.12. The van der Waals surface area contributed by atoms with Crippen molar-refractivity contribution in [1.29, 1.82) is 0 Å². The van der Waals surface area contributed by atoms with Gasteiger partial charge in [-0.25, -0.2) is 4.79 Å². The predicted octanol–water partition coefficient (Wildman–Crippen LogP) is 6.54. The molecule has 0 saturated carbocycles. The topological polar surface area (TPSA) is 26.3 Å². The van der Waals surface area contributed by atoms with Crippen molar-refractivity contribution in [2.75, 3.05) is 6.67 Å². The Labute approximate surface area is 142 Å². The van der Waals surface area contributed by atoms with E-state index in [9.17, 15) is 9.18 Å². The number of esters is 1. The Kier molecular flexibility index (Phi) is 16.8. The molecule has 136 valence electrons. The van der Waals surface area contributed by atoms with E-state index in [0.29, 0.717) is 6.42 Å². The van der Waals surface area contributed by atoms with Gasteiger partial charge in [-0.15, -0.1) is 0 Å². The van der Waals surface area contributed by atoms with Crippen molar-refractivity contribution in [3.05, 3.63) is 12.7 Å². The molecule has 0 fully saturated rings. The normalized spacial score (nSPS) is 12.1. The van der Waals surface area contributed by atoms with Crippen LogP contribution in [-0.4, -0.2) is 18.7 Å². The van der Waals surface area contributed by atoms with E-state index in [1.165, 1.54) is 57.4 Å². The zero-order valence-corrected chi connectivity index (χ0v) is 15.2. The highest BCUT2D eigenvalue weighted by atomic mass is 19.1. The molecule has 0 aliphatic rings. The Bertz CT molecular complexity index is 279. The highest BCUT2D eigenvalue weighted by Crippen LogP contribution is 2.16. The van der Waals surface area contributed by atoms with Gasteiger partial charge in [0.05, 0.1) is 6.67 Å². The quantitative estimate of drug-likeness (QED) is 0.172. The molecule has 1 unspecified atom stereocenters. The summed E-state index contributed by atoms with van der Waals surface area (Å²) in [6.45, 7) is 5.44. The van der Waals surface area contributed by atoms with E-state index in [2.05, 4.69) is 13.5 Å². The largest absolute Gasteiger partial charge is 0.459 e. The summed E-state index contributed by atoms with van der Waals surface area (Å²) in [5, 5.41) is 0. The highest BCUT2D eigenvalue weighted by molar-refractivity contribution is 5.81. The predicted molar refractivity (Wildman–Crippen MR) is 96.4 cm³/mol. The van der Waals surface area contributed by atoms with E-state index < -0.39 is 0 Å². The van der Waals surface area contributed by atoms with E-state index in [-0.39, 0.29) is 18.7 Å². The third-order valence-electron chi connectivity index (χ3n) is 4.24. The van der Waals surface area contributed by atoms with Gasteiger partial charge in [0.25, 0.3) is 0 Å². The number of alkyl halides is 1. The van der Waals surface area contributed by atoms with Crippen LogP contribution in [0.1, 0.15) is 96.8 Å². The lowest BCUT2D eigenvalue weighted by molar-refractivity contribution is -0.143. The monoisotopic (exact) mass is 328 g/mol. The van der Waals surface area contributed by atoms with E-state index in [0.717, 1.165) is 32.1 Å². The van der Waals surface area contributed by atoms with Crippen molar-refractivity contribution in [2.45, 2.75) is 103 Å². The molecule has 0 aromatic rings. The van der Waals surface area contributed by atoms with E-state index in [1.54, 1.807) is 0 Å². The van der Waals surface area contributed by atoms with Gasteiger partial charge in [-0.1, -0.05) is 71.3 Å². The van der Waals surface area contributed by atoms with Gasteiger partial charge in [-0.05, 0) is 32.1 Å². The second kappa shape index (κ2) is 17.5. The molecule has 2 nitrogen and oxygen atoms in total. The fourth-order valence-corrected chi connectivity index (χ4v) is 2.80. The number of unbranched alkanes of at least 4 members (excludes halogenated alkanes) is 10. The molecular weight excluding hydrogens is 291 g/mol. The van der Waals surface area contributed by atoms with Gasteiger partial charge in [-0.3, -0.25) is 4.39 Å². The van der Waals surface area contributed by atoms with Gasteiger partial charge in [-0.2, -0.15) is 0 Å². The van der Waals surface area contributed by atoms with Crippen molar-refractivity contribution >= 4 is 5.97 Å². The van der Waals surface area contributed by atoms with Crippen LogP contribution in [0.2, 0.25) is 0 Å². The summed E-state index contributed by atoms with van der Waals surface area (Å²) in [5.41, 5.74) is 0. The summed E-state index contributed by atoms with van der Waals surface area (Å²) in [7, 11) is 0. The van der Waals surface area contributed by atoms with Crippen molar-refractivity contribution in [3.63, 3.8) is 0 Å². The summed E-state index contributed by atoms with van der Waals surface area (Å²) in [6, 6.07) is 0. The van der Waals surface area contributed by atoms with Crippen LogP contribution < -0.4 is 0 Å². The van der Waals surface area contributed by atoms with Gasteiger partial charge in [0.15, 0.2) is 0 Å². The second-order valence-corrected chi connectivity index (χ2v) is 6.42. The maximum atomic E-state index is 12.1. The lowest BCUT2D eigenvalue weighted by Gasteiger charge is -2.17. The third-order valence-corrected chi connectivity index (χ3v) is 4.24. The van der Waals surface area contributed by atoms with Crippen molar-refractivity contribution in [3.8, 4) is 0 Å². The van der Waals surface area contributed by atoms with Crippen LogP contribution in [-0.2, 0) is 9.53 Å². The Hall–Kier alpha value is -0.860. The summed E-state index contributed by atoms with van der Waals surface area (Å²) < 4.78 is 17.5. The SMILES string of the molecule is C=CC(=O)OC(CCCCCF)CCCCCCCCCCC. The van der Waals surface area contributed by atoms with Crippen molar-refractivity contribution < 1.29 is 13.9 Å². The molecule has 3 heteroatoms. The average molecular weight is 329 g/mol. The number of hydrogen-bond donors (Lipinski definition) is 0. The fourth-order valence-electron chi connectivity index (χ4n) is 2.80. The molecule has 0 aromatic carbocycles. The summed E-state index contributed by atoms with van der Waals surface area (Å²) in [6.07, 6.45) is 17.0. The zero-order valence-electron chi connectivity index (χ0n) is 15.2. The molecule has 0 aliphatic heterocycles. The number of carbonyl (C=O) groups excluding carboxylic acids is 1. The maximum Gasteiger partial charge on any atom is 0.330 e. The first kappa shape index (κ1) is 22.1. The first-order chi connectivity index (χ1) is 11.2. The first-order valence-electron chi connectivity index (χ1n) is 9.63. The molecule has 0 radical (unpaired) electrons. The number of rotatable bonds is 17. The molecule has 0 rings (SSSR count). The Morgan fingerprint density at radius 3 is 1.87 bits per heavy atom. The molecule has 0 heterocycles. The summed E-state index contributed by atoms with van der Waals surface area (Å²) >= 11 is 0. The number of halogens is 1. The summed E-state index contributed by atoms with van der Waals surface area (Å²) in [5.74, 6) is -0.337. The van der Waals surface area contributed by atoms with Gasteiger partial charge in [0.1, 0.15) is 6.10 Å². The maximum absolute atomic E-state index is 12.1. The minimum Gasteiger partial charge on any atom is -0.459 e. The molecule has 0 saturated heterocycles. The van der Waals surface area contributed by atoms with Crippen LogP contribution in [0.5, 0.6) is 0 Å². The Morgan fingerprint density at radius 1 is 0.913 bits per heavy atom. The zero-order chi connectivity index (χ0) is 17.2. The van der Waals surface area contributed by atoms with E-state index in [4.69, 9.17) is 4.74 Å². The molecule has 1 atom stereocenters. The van der Waals surface area contributed by atoms with E-state index in [1.807, 2.05) is 0 Å². The number of ether oxygens (including phenoxy) is 1. The minimum absolute atomic E-state index is 0.0235. The minimum atomic E-state index is -0.337. The molecule has 23 heavy (non-hydrogen) atoms. The molecule has 0 bridgehead atoms. The lowest BCUT2D eigenvalue weighted by atomic mass is 10.0. The van der Waals surface area contributed by atoms with Gasteiger partial charge in [0.2, 0.25) is 0 Å². The molecule has 0 aliphatic carbocycles. The standard InChI is InChI=1S/C20H37FO2/c1-3-5-6-7-8-9-10-11-13-16-19(23-20(22)4-2)17-14-12-15-18-21/h4,19H,2-3,5-18H2,1H3. The molecule has 0 spiro atoms. The smallest absolute Gasteiger partial charge is 0.330 e. The van der Waals surface area contributed by atoms with Crippen molar-refractivity contribution in [2.24, 2.45) is 0 Å². The second-order valence-electron chi connectivity index (χ2n) is 6.42. The third kappa shape index (κ3) is 15.8. The van der Waals surface area contributed by atoms with Crippen LogP contribution in [0.4, 0.5) is 4.39 Å². The Balaban J connectivity index is 3.68. The van der Waals surface area contributed by atoms with Gasteiger partial charge >= 0.3 is 5.97 Å². The van der Waals surface area contributed by atoms with Crippen LogP contribution >= 0.6 is 0 Å². The molecule has 0 aromatic heterocycles. The Morgan fingerprint density at radius 2 is 1.39 bits per heavy atom. The first-order valence-corrected chi connectivity index (χ1v) is 9.63. The van der Waals surface area contributed by atoms with Crippen molar-refractivity contribution in [1.82, 2.24) is 0 Å². The van der Waals surface area contributed by atoms with Crippen LogP contribution in [0.25, 0.3) is 0 Å². The van der Waals surface area contributed by atoms with Gasteiger partial charge in [0, 0.05) is 6.08 Å². The van der Waals surface area contributed by atoms with Gasteiger partial charge < -0.3 is 4.74 Å². The van der Waals surface area contributed by atoms with Crippen LogP contribution in [0, 0.1) is 0 Å². The number of carbonyl (C=O) groups is 1. The fraction of sp³-hybridized carbons (Fsp3) is 0.850. The number of hydrogen-bond acceptors (Lipinski definition) is 2. The van der Waals surface area contributed by atoms with Crippen LogP contribution in [0.15, 0.2) is 12.7 Å². The van der Waals surface area contributed by atoms with Crippen LogP contribution in [0.3, 0.4) is 0 Å². The lowest BCUT2D eigenvalue weighted by Crippen LogP contribution is -2.17. The summed E-state index contributed by atoms with van der Waals surface area (Å²) in [4.78, 5) is 11.4.